The Balaban J connectivity index is 1.61. The highest BCUT2D eigenvalue weighted by Crippen LogP contribution is 2.19. The number of amides is 1. The molecule has 2 saturated heterocycles. The van der Waals surface area contributed by atoms with Crippen molar-refractivity contribution in [3.05, 3.63) is 0 Å². The lowest BCUT2D eigenvalue weighted by molar-refractivity contribution is 0.0498. The molecule has 0 aromatic carbocycles. The Morgan fingerprint density at radius 2 is 1.95 bits per heavy atom. The third-order valence-corrected chi connectivity index (χ3v) is 3.86. The van der Waals surface area contributed by atoms with Crippen molar-refractivity contribution < 1.29 is 9.53 Å². The summed E-state index contributed by atoms with van der Waals surface area (Å²) in [5.41, 5.74) is -0.412. The van der Waals surface area contributed by atoms with Gasteiger partial charge < -0.3 is 15.4 Å². The summed E-state index contributed by atoms with van der Waals surface area (Å²) < 4.78 is 5.25. The van der Waals surface area contributed by atoms with E-state index in [4.69, 9.17) is 4.74 Å². The molecule has 0 spiro atoms. The lowest BCUT2D eigenvalue weighted by Gasteiger charge is -2.42. The van der Waals surface area contributed by atoms with Gasteiger partial charge in [0.25, 0.3) is 0 Å². The number of piperidine rings is 1. The highest BCUT2D eigenvalue weighted by atomic mass is 16.6. The zero-order chi connectivity index (χ0) is 13.9. The Morgan fingerprint density at radius 1 is 1.32 bits per heavy atom. The van der Waals surface area contributed by atoms with Crippen LogP contribution in [0, 0.1) is 5.92 Å². The molecule has 0 bridgehead atoms. The minimum atomic E-state index is -0.412. The van der Waals surface area contributed by atoms with Gasteiger partial charge >= 0.3 is 6.09 Å². The van der Waals surface area contributed by atoms with E-state index in [1.165, 1.54) is 12.8 Å². The summed E-state index contributed by atoms with van der Waals surface area (Å²) in [6, 6.07) is 0.750. The van der Waals surface area contributed by atoms with Gasteiger partial charge in [-0.3, -0.25) is 4.90 Å². The third-order valence-electron chi connectivity index (χ3n) is 3.86. The number of alkyl carbamates (subject to hydrolysis) is 1. The molecule has 5 nitrogen and oxygen atoms in total. The largest absolute Gasteiger partial charge is 0.444 e. The Hall–Kier alpha value is -0.810. The Bertz CT molecular complexity index is 302. The van der Waals surface area contributed by atoms with Gasteiger partial charge in [-0.2, -0.15) is 0 Å². The summed E-state index contributed by atoms with van der Waals surface area (Å²) in [5, 5.41) is 6.21. The molecule has 0 aromatic heterocycles. The molecule has 0 saturated carbocycles. The van der Waals surface area contributed by atoms with E-state index in [1.807, 2.05) is 20.8 Å². The molecule has 0 radical (unpaired) electrons. The molecule has 19 heavy (non-hydrogen) atoms. The van der Waals surface area contributed by atoms with Crippen molar-refractivity contribution in [2.45, 2.75) is 45.3 Å². The fourth-order valence-electron chi connectivity index (χ4n) is 2.60. The topological polar surface area (TPSA) is 53.6 Å². The first-order valence-electron chi connectivity index (χ1n) is 7.35. The molecule has 1 amide bonds. The number of nitrogens with zero attached hydrogens (tertiary/aromatic N) is 1. The Kier molecular flexibility index (Phi) is 4.68. The molecule has 2 rings (SSSR count). The van der Waals surface area contributed by atoms with Crippen LogP contribution in [0.5, 0.6) is 0 Å². The van der Waals surface area contributed by atoms with Crippen LogP contribution < -0.4 is 10.6 Å². The first kappa shape index (κ1) is 14.6. The van der Waals surface area contributed by atoms with Crippen LogP contribution in [-0.2, 0) is 4.74 Å². The van der Waals surface area contributed by atoms with Gasteiger partial charge in [0.2, 0.25) is 0 Å². The summed E-state index contributed by atoms with van der Waals surface area (Å²) in [5.74, 6) is 0.594. The molecule has 2 N–H and O–H groups in total. The molecule has 0 unspecified atom stereocenters. The van der Waals surface area contributed by atoms with Gasteiger partial charge in [0.15, 0.2) is 0 Å². The number of likely N-dealkylation sites (tertiary alicyclic amines) is 1. The zero-order valence-corrected chi connectivity index (χ0v) is 12.4. The maximum absolute atomic E-state index is 11.6. The minimum Gasteiger partial charge on any atom is -0.444 e. The van der Waals surface area contributed by atoms with E-state index in [0.29, 0.717) is 5.92 Å². The zero-order valence-electron chi connectivity index (χ0n) is 12.4. The Labute approximate surface area is 116 Å². The molecule has 5 heteroatoms. The number of hydrogen-bond donors (Lipinski definition) is 2. The maximum Gasteiger partial charge on any atom is 0.407 e. The number of carbonyl (C=O) groups excluding carboxylic acids is 1. The van der Waals surface area contributed by atoms with Crippen LogP contribution in [0.15, 0.2) is 0 Å². The summed E-state index contributed by atoms with van der Waals surface area (Å²) in [6.07, 6.45) is 2.05. The van der Waals surface area contributed by atoms with Crippen LogP contribution in [0.1, 0.15) is 33.6 Å². The quantitative estimate of drug-likeness (QED) is 0.808. The first-order valence-corrected chi connectivity index (χ1v) is 7.35. The van der Waals surface area contributed by atoms with Crippen LogP contribution in [-0.4, -0.2) is 55.4 Å². The van der Waals surface area contributed by atoms with E-state index in [2.05, 4.69) is 15.5 Å². The molecule has 110 valence electrons. The maximum atomic E-state index is 11.6. The fourth-order valence-corrected chi connectivity index (χ4v) is 2.60. The van der Waals surface area contributed by atoms with Gasteiger partial charge in [-0.15, -0.1) is 0 Å². The molecular weight excluding hydrogens is 242 g/mol. The SMILES string of the molecule is CC(C)(C)OC(=O)NCC1CCN(C2CNC2)CC1. The van der Waals surface area contributed by atoms with Gasteiger partial charge in [0, 0.05) is 25.7 Å². The van der Waals surface area contributed by atoms with Crippen LogP contribution in [0.2, 0.25) is 0 Å². The van der Waals surface area contributed by atoms with E-state index in [1.54, 1.807) is 0 Å². The monoisotopic (exact) mass is 269 g/mol. The van der Waals surface area contributed by atoms with Crippen molar-refractivity contribution in [1.29, 1.82) is 0 Å². The second kappa shape index (κ2) is 6.09. The second-order valence-electron chi connectivity index (χ2n) is 6.67. The first-order chi connectivity index (χ1) is 8.94. The van der Waals surface area contributed by atoms with Gasteiger partial charge in [-0.25, -0.2) is 4.79 Å². The molecule has 2 fully saturated rings. The van der Waals surface area contributed by atoms with Crippen molar-refractivity contribution in [2.24, 2.45) is 5.92 Å². The van der Waals surface area contributed by atoms with Gasteiger partial charge in [0.1, 0.15) is 5.60 Å². The predicted octanol–water partition coefficient (Wildman–Crippen LogP) is 1.19. The Morgan fingerprint density at radius 3 is 2.42 bits per heavy atom. The van der Waals surface area contributed by atoms with E-state index >= 15 is 0 Å². The van der Waals surface area contributed by atoms with Gasteiger partial charge in [0.05, 0.1) is 0 Å². The number of ether oxygens (including phenoxy) is 1. The normalized spacial score (nSPS) is 22.9. The fraction of sp³-hybridized carbons (Fsp3) is 0.929. The van der Waals surface area contributed by atoms with Crippen molar-refractivity contribution >= 4 is 6.09 Å². The molecular formula is C14H27N3O2. The predicted molar refractivity (Wildman–Crippen MR) is 75.2 cm³/mol. The van der Waals surface area contributed by atoms with Crippen molar-refractivity contribution in [3.8, 4) is 0 Å². The molecule has 2 heterocycles. The molecule has 0 atom stereocenters. The molecule has 2 aliphatic rings. The van der Waals surface area contributed by atoms with Crippen molar-refractivity contribution in [2.75, 3.05) is 32.7 Å². The standard InChI is InChI=1S/C14H27N3O2/c1-14(2,3)19-13(18)16-8-11-4-6-17(7-5-11)12-9-15-10-12/h11-12,15H,4-10H2,1-3H3,(H,16,18). The van der Waals surface area contributed by atoms with Crippen molar-refractivity contribution in [3.63, 3.8) is 0 Å². The van der Waals surface area contributed by atoms with Crippen LogP contribution in [0.4, 0.5) is 4.79 Å². The summed E-state index contributed by atoms with van der Waals surface area (Å²) in [4.78, 5) is 14.1. The summed E-state index contributed by atoms with van der Waals surface area (Å²) in [6.45, 7) is 11.0. The third kappa shape index (κ3) is 4.66. The average Bonchev–Trinajstić information content (AvgIpc) is 2.23. The summed E-state index contributed by atoms with van der Waals surface area (Å²) in [7, 11) is 0. The second-order valence-corrected chi connectivity index (χ2v) is 6.67. The van der Waals surface area contributed by atoms with Crippen LogP contribution in [0.25, 0.3) is 0 Å². The van der Waals surface area contributed by atoms with Crippen LogP contribution >= 0.6 is 0 Å². The smallest absolute Gasteiger partial charge is 0.407 e. The molecule has 2 aliphatic heterocycles. The lowest BCUT2D eigenvalue weighted by atomic mass is 9.95. The number of rotatable bonds is 3. The van der Waals surface area contributed by atoms with E-state index in [0.717, 1.165) is 38.8 Å². The average molecular weight is 269 g/mol. The molecule has 0 aromatic rings. The highest BCUT2D eigenvalue weighted by Gasteiger charge is 2.28. The number of nitrogens with one attached hydrogen (secondary N) is 2. The lowest BCUT2D eigenvalue weighted by Crippen LogP contribution is -2.59. The van der Waals surface area contributed by atoms with E-state index in [-0.39, 0.29) is 6.09 Å². The van der Waals surface area contributed by atoms with Gasteiger partial charge in [-0.05, 0) is 52.6 Å². The van der Waals surface area contributed by atoms with Crippen molar-refractivity contribution in [1.82, 2.24) is 15.5 Å². The number of hydrogen-bond acceptors (Lipinski definition) is 4. The van der Waals surface area contributed by atoms with E-state index < -0.39 is 5.60 Å². The van der Waals surface area contributed by atoms with Gasteiger partial charge in [-0.1, -0.05) is 0 Å². The highest BCUT2D eigenvalue weighted by molar-refractivity contribution is 5.67. The minimum absolute atomic E-state index is 0.293. The molecule has 0 aliphatic carbocycles. The van der Waals surface area contributed by atoms with E-state index in [9.17, 15) is 4.79 Å². The number of carbonyl (C=O) groups is 1. The summed E-state index contributed by atoms with van der Waals surface area (Å²) >= 11 is 0. The van der Waals surface area contributed by atoms with Crippen LogP contribution in [0.3, 0.4) is 0 Å².